The highest BCUT2D eigenvalue weighted by molar-refractivity contribution is 6.31. The second-order valence-corrected chi connectivity index (χ2v) is 7.61. The number of nitrogens with zero attached hydrogens (tertiary/aromatic N) is 7. The number of carbonyl (C=O) groups is 1. The summed E-state index contributed by atoms with van der Waals surface area (Å²) in [5, 5.41) is 13.8. The van der Waals surface area contributed by atoms with Gasteiger partial charge in [-0.15, -0.1) is 0 Å². The topological polar surface area (TPSA) is 73.8 Å². The third kappa shape index (κ3) is 3.56. The van der Waals surface area contributed by atoms with Gasteiger partial charge in [0.1, 0.15) is 5.69 Å². The van der Waals surface area contributed by atoms with Crippen LogP contribution in [0, 0.1) is 27.7 Å². The molecule has 0 unspecified atom stereocenters. The molecule has 0 aliphatic rings. The first-order chi connectivity index (χ1) is 13.1. The molecule has 0 saturated heterocycles. The standard InChI is InChI=1S/C19H26ClN7O/c1-11-15(13(3)25(6)21-11)8-27(10-17-16(20)9-24(5)23-17)19(28)18-12(2)22-26(7)14(18)4/h9H,8,10H2,1-7H3. The lowest BCUT2D eigenvalue weighted by atomic mass is 10.1. The second-order valence-electron chi connectivity index (χ2n) is 7.20. The molecule has 9 heteroatoms. The van der Waals surface area contributed by atoms with Crippen molar-refractivity contribution in [3.8, 4) is 0 Å². The Hall–Kier alpha value is -2.61. The molecule has 0 spiro atoms. The van der Waals surface area contributed by atoms with Crippen LogP contribution in [0.1, 0.15) is 44.4 Å². The van der Waals surface area contributed by atoms with Gasteiger partial charge in [0, 0.05) is 44.3 Å². The van der Waals surface area contributed by atoms with Crippen LogP contribution in [0.15, 0.2) is 6.20 Å². The molecule has 0 saturated carbocycles. The van der Waals surface area contributed by atoms with E-state index in [1.54, 1.807) is 20.5 Å². The molecule has 0 bridgehead atoms. The van der Waals surface area contributed by atoms with Gasteiger partial charge in [-0.3, -0.25) is 18.8 Å². The van der Waals surface area contributed by atoms with Crippen molar-refractivity contribution in [1.82, 2.24) is 34.2 Å². The van der Waals surface area contributed by atoms with E-state index in [4.69, 9.17) is 11.6 Å². The molecule has 3 aromatic heterocycles. The number of aryl methyl sites for hydroxylation is 5. The number of carbonyl (C=O) groups excluding carboxylic acids is 1. The van der Waals surface area contributed by atoms with Crippen molar-refractivity contribution in [2.45, 2.75) is 40.8 Å². The molecule has 0 N–H and O–H groups in total. The average molecular weight is 404 g/mol. The number of hydrogen-bond donors (Lipinski definition) is 0. The Morgan fingerprint density at radius 3 is 2.04 bits per heavy atom. The SMILES string of the molecule is Cc1nn(C)c(C)c1CN(Cc1nn(C)cc1Cl)C(=O)c1c(C)nn(C)c1C. The van der Waals surface area contributed by atoms with Crippen LogP contribution in [0.3, 0.4) is 0 Å². The lowest BCUT2D eigenvalue weighted by Gasteiger charge is -2.23. The van der Waals surface area contributed by atoms with Crippen molar-refractivity contribution >= 4 is 17.5 Å². The summed E-state index contributed by atoms with van der Waals surface area (Å²) in [6, 6.07) is 0. The Morgan fingerprint density at radius 1 is 0.964 bits per heavy atom. The third-order valence-electron chi connectivity index (χ3n) is 5.21. The van der Waals surface area contributed by atoms with Crippen LogP contribution in [-0.2, 0) is 34.2 Å². The summed E-state index contributed by atoms with van der Waals surface area (Å²) in [5.74, 6) is -0.0903. The van der Waals surface area contributed by atoms with E-state index in [1.165, 1.54) is 0 Å². The van der Waals surface area contributed by atoms with E-state index >= 15 is 0 Å². The van der Waals surface area contributed by atoms with E-state index in [0.29, 0.717) is 35.1 Å². The molecule has 28 heavy (non-hydrogen) atoms. The summed E-state index contributed by atoms with van der Waals surface area (Å²) < 4.78 is 5.22. The van der Waals surface area contributed by atoms with Crippen LogP contribution in [0.2, 0.25) is 5.02 Å². The fraction of sp³-hybridized carbons (Fsp3) is 0.474. The maximum atomic E-state index is 13.5. The van der Waals surface area contributed by atoms with Crippen LogP contribution in [0.5, 0.6) is 0 Å². The smallest absolute Gasteiger partial charge is 0.258 e. The number of amides is 1. The normalized spacial score (nSPS) is 11.3. The highest BCUT2D eigenvalue weighted by Gasteiger charge is 2.26. The molecule has 0 aliphatic heterocycles. The zero-order valence-electron chi connectivity index (χ0n) is 17.4. The van der Waals surface area contributed by atoms with Gasteiger partial charge in [-0.1, -0.05) is 11.6 Å². The number of aromatic nitrogens is 6. The zero-order valence-corrected chi connectivity index (χ0v) is 18.2. The predicted molar refractivity (Wildman–Crippen MR) is 107 cm³/mol. The highest BCUT2D eigenvalue weighted by atomic mass is 35.5. The van der Waals surface area contributed by atoms with Crippen molar-refractivity contribution in [1.29, 1.82) is 0 Å². The predicted octanol–water partition coefficient (Wildman–Crippen LogP) is 2.62. The van der Waals surface area contributed by atoms with E-state index in [0.717, 1.165) is 22.6 Å². The van der Waals surface area contributed by atoms with Gasteiger partial charge in [0.25, 0.3) is 5.91 Å². The molecule has 8 nitrogen and oxygen atoms in total. The summed E-state index contributed by atoms with van der Waals surface area (Å²) in [5.41, 5.74) is 5.79. The van der Waals surface area contributed by atoms with E-state index in [-0.39, 0.29) is 5.91 Å². The molecular weight excluding hydrogens is 378 g/mol. The molecule has 0 atom stereocenters. The van der Waals surface area contributed by atoms with Gasteiger partial charge < -0.3 is 4.90 Å². The molecule has 3 heterocycles. The number of rotatable bonds is 5. The Morgan fingerprint density at radius 2 is 1.57 bits per heavy atom. The van der Waals surface area contributed by atoms with Gasteiger partial charge in [-0.05, 0) is 27.7 Å². The van der Waals surface area contributed by atoms with Crippen LogP contribution >= 0.6 is 11.6 Å². The summed E-state index contributed by atoms with van der Waals surface area (Å²) in [6.07, 6.45) is 1.74. The lowest BCUT2D eigenvalue weighted by molar-refractivity contribution is 0.0725. The molecule has 0 fully saturated rings. The zero-order chi connectivity index (χ0) is 20.7. The Kier molecular flexibility index (Phi) is 5.34. The van der Waals surface area contributed by atoms with Gasteiger partial charge in [0.05, 0.1) is 35.1 Å². The molecular formula is C19H26ClN7O. The molecule has 0 aliphatic carbocycles. The Labute approximate surface area is 169 Å². The van der Waals surface area contributed by atoms with E-state index < -0.39 is 0 Å². The van der Waals surface area contributed by atoms with Crippen molar-refractivity contribution in [2.75, 3.05) is 0 Å². The third-order valence-corrected chi connectivity index (χ3v) is 5.53. The molecule has 3 rings (SSSR count). The minimum absolute atomic E-state index is 0.0903. The molecule has 0 aromatic carbocycles. The van der Waals surface area contributed by atoms with Crippen LogP contribution in [0.25, 0.3) is 0 Å². The summed E-state index contributed by atoms with van der Waals surface area (Å²) in [7, 11) is 5.56. The minimum Gasteiger partial charge on any atom is -0.328 e. The van der Waals surface area contributed by atoms with E-state index in [9.17, 15) is 4.79 Å². The minimum atomic E-state index is -0.0903. The molecule has 1 amide bonds. The van der Waals surface area contributed by atoms with E-state index in [2.05, 4.69) is 15.3 Å². The van der Waals surface area contributed by atoms with Gasteiger partial charge in [-0.25, -0.2) is 0 Å². The van der Waals surface area contributed by atoms with Crippen LogP contribution in [-0.4, -0.2) is 40.1 Å². The lowest BCUT2D eigenvalue weighted by Crippen LogP contribution is -2.31. The van der Waals surface area contributed by atoms with Crippen LogP contribution < -0.4 is 0 Å². The number of hydrogen-bond acceptors (Lipinski definition) is 4. The summed E-state index contributed by atoms with van der Waals surface area (Å²) in [6.45, 7) is 8.45. The van der Waals surface area contributed by atoms with Gasteiger partial charge in [0.15, 0.2) is 0 Å². The monoisotopic (exact) mass is 403 g/mol. The van der Waals surface area contributed by atoms with Crippen molar-refractivity contribution in [3.05, 3.63) is 50.8 Å². The molecule has 3 aromatic rings. The van der Waals surface area contributed by atoms with Gasteiger partial charge in [-0.2, -0.15) is 15.3 Å². The summed E-state index contributed by atoms with van der Waals surface area (Å²) in [4.78, 5) is 15.3. The average Bonchev–Trinajstić information content (AvgIpc) is 3.15. The molecule has 0 radical (unpaired) electrons. The fourth-order valence-electron chi connectivity index (χ4n) is 3.47. The first-order valence-electron chi connectivity index (χ1n) is 9.06. The first kappa shape index (κ1) is 20.1. The second kappa shape index (κ2) is 7.43. The maximum absolute atomic E-state index is 13.5. The Balaban J connectivity index is 2.03. The van der Waals surface area contributed by atoms with Gasteiger partial charge in [0.2, 0.25) is 0 Å². The van der Waals surface area contributed by atoms with E-state index in [1.807, 2.05) is 53.5 Å². The number of halogens is 1. The van der Waals surface area contributed by atoms with Crippen molar-refractivity contribution < 1.29 is 4.79 Å². The maximum Gasteiger partial charge on any atom is 0.258 e. The van der Waals surface area contributed by atoms with Crippen LogP contribution in [0.4, 0.5) is 0 Å². The van der Waals surface area contributed by atoms with Gasteiger partial charge >= 0.3 is 0 Å². The molecule has 150 valence electrons. The quantitative estimate of drug-likeness (QED) is 0.656. The largest absolute Gasteiger partial charge is 0.328 e. The van der Waals surface area contributed by atoms with Crippen molar-refractivity contribution in [3.63, 3.8) is 0 Å². The summed E-state index contributed by atoms with van der Waals surface area (Å²) >= 11 is 6.32. The first-order valence-corrected chi connectivity index (χ1v) is 9.44. The fourth-order valence-corrected chi connectivity index (χ4v) is 3.71. The highest BCUT2D eigenvalue weighted by Crippen LogP contribution is 2.23. The van der Waals surface area contributed by atoms with Crippen molar-refractivity contribution in [2.24, 2.45) is 21.1 Å². The Bertz CT molecular complexity index is 1040.